The van der Waals surface area contributed by atoms with Gasteiger partial charge in [-0.25, -0.2) is 0 Å². The molecule has 122 valence electrons. The second-order valence-corrected chi connectivity index (χ2v) is 5.37. The molecule has 0 fully saturated rings. The number of benzene rings is 2. The quantitative estimate of drug-likeness (QED) is 0.444. The van der Waals surface area contributed by atoms with E-state index in [-0.39, 0.29) is 21.9 Å². The lowest BCUT2D eigenvalue weighted by molar-refractivity contribution is -0.137. The van der Waals surface area contributed by atoms with Gasteiger partial charge in [-0.3, -0.25) is 0 Å². The van der Waals surface area contributed by atoms with Crippen molar-refractivity contribution < 1.29 is 30.8 Å². The van der Waals surface area contributed by atoms with E-state index in [1.807, 2.05) is 0 Å². The summed E-state index contributed by atoms with van der Waals surface area (Å²) in [4.78, 5) is 0. The van der Waals surface area contributed by atoms with Crippen molar-refractivity contribution in [2.45, 2.75) is 26.2 Å². The number of halogens is 6. The van der Waals surface area contributed by atoms with Crippen LogP contribution in [0.2, 0.25) is 0 Å². The van der Waals surface area contributed by atoms with E-state index < -0.39 is 34.6 Å². The first kappa shape index (κ1) is 15.7. The molecule has 1 aromatic heterocycles. The summed E-state index contributed by atoms with van der Waals surface area (Å²) < 4.78 is 84.5. The molecular weight excluding hydrogens is 322 g/mol. The average molecular weight is 332 g/mol. The molecule has 0 amide bonds. The smallest absolute Gasteiger partial charge is 0.420 e. The molecule has 0 bridgehead atoms. The molecule has 0 N–H and O–H groups in total. The number of alkyl halides is 6. The minimum atomic E-state index is -4.72. The van der Waals surface area contributed by atoms with E-state index in [2.05, 4.69) is 0 Å². The van der Waals surface area contributed by atoms with Crippen molar-refractivity contribution in [1.82, 2.24) is 0 Å². The normalized spacial score (nSPS) is 13.2. The van der Waals surface area contributed by atoms with Crippen LogP contribution in [0.25, 0.3) is 21.9 Å². The lowest BCUT2D eigenvalue weighted by Crippen LogP contribution is -2.08. The van der Waals surface area contributed by atoms with E-state index >= 15 is 0 Å². The van der Waals surface area contributed by atoms with Crippen molar-refractivity contribution in [3.05, 3.63) is 46.5 Å². The molecule has 0 atom stereocenters. The Labute approximate surface area is 126 Å². The fourth-order valence-electron chi connectivity index (χ4n) is 2.81. The van der Waals surface area contributed by atoms with E-state index in [9.17, 15) is 26.3 Å². The van der Waals surface area contributed by atoms with Gasteiger partial charge < -0.3 is 4.42 Å². The highest BCUT2D eigenvalue weighted by Gasteiger charge is 2.39. The molecule has 2 aromatic carbocycles. The fraction of sp³-hybridized carbons (Fsp3) is 0.250. The van der Waals surface area contributed by atoms with Crippen LogP contribution in [0.15, 0.2) is 28.7 Å². The van der Waals surface area contributed by atoms with Gasteiger partial charge in [0.1, 0.15) is 22.3 Å². The number of rotatable bonds is 0. The number of hydrogen-bond acceptors (Lipinski definition) is 1. The van der Waals surface area contributed by atoms with Crippen molar-refractivity contribution in [2.75, 3.05) is 0 Å². The number of hydrogen-bond donors (Lipinski definition) is 0. The monoisotopic (exact) mass is 332 g/mol. The van der Waals surface area contributed by atoms with Crippen LogP contribution in [0, 0.1) is 13.8 Å². The maximum atomic E-state index is 13.2. The predicted molar refractivity (Wildman–Crippen MR) is 73.2 cm³/mol. The highest BCUT2D eigenvalue weighted by Crippen LogP contribution is 2.44. The molecule has 0 aliphatic carbocycles. The summed E-state index contributed by atoms with van der Waals surface area (Å²) in [6.07, 6.45) is -9.43. The topological polar surface area (TPSA) is 13.1 Å². The van der Waals surface area contributed by atoms with Gasteiger partial charge in [0, 0.05) is 10.8 Å². The van der Waals surface area contributed by atoms with Crippen LogP contribution in [0.3, 0.4) is 0 Å². The van der Waals surface area contributed by atoms with E-state index in [1.54, 1.807) is 0 Å². The summed E-state index contributed by atoms with van der Waals surface area (Å²) in [6.45, 7) is 2.48. The van der Waals surface area contributed by atoms with E-state index in [4.69, 9.17) is 4.42 Å². The van der Waals surface area contributed by atoms with Crippen LogP contribution in [-0.2, 0) is 12.4 Å². The molecule has 0 spiro atoms. The molecule has 0 aliphatic rings. The van der Waals surface area contributed by atoms with E-state index in [1.165, 1.54) is 38.1 Å². The van der Waals surface area contributed by atoms with Gasteiger partial charge in [-0.15, -0.1) is 0 Å². The summed E-state index contributed by atoms with van der Waals surface area (Å²) in [5.41, 5.74) is -3.43. The third-order valence-electron chi connectivity index (χ3n) is 3.79. The van der Waals surface area contributed by atoms with Gasteiger partial charge in [0.2, 0.25) is 0 Å². The van der Waals surface area contributed by atoms with Crippen molar-refractivity contribution in [2.24, 2.45) is 0 Å². The summed E-state index contributed by atoms with van der Waals surface area (Å²) in [7, 11) is 0. The van der Waals surface area contributed by atoms with E-state index in [0.29, 0.717) is 0 Å². The minimum Gasteiger partial charge on any atom is -0.455 e. The van der Waals surface area contributed by atoms with Crippen molar-refractivity contribution in [1.29, 1.82) is 0 Å². The highest BCUT2D eigenvalue weighted by molar-refractivity contribution is 6.07. The maximum Gasteiger partial charge on any atom is 0.420 e. The predicted octanol–water partition coefficient (Wildman–Crippen LogP) is 6.24. The van der Waals surface area contributed by atoms with Crippen molar-refractivity contribution in [3.8, 4) is 0 Å². The van der Waals surface area contributed by atoms with Crippen molar-refractivity contribution >= 4 is 21.9 Å². The summed E-state index contributed by atoms with van der Waals surface area (Å²) in [5, 5.41) is 0.0341. The van der Waals surface area contributed by atoms with Gasteiger partial charge >= 0.3 is 12.4 Å². The molecule has 0 radical (unpaired) electrons. The zero-order valence-corrected chi connectivity index (χ0v) is 12.0. The molecule has 0 saturated carbocycles. The lowest BCUT2D eigenvalue weighted by atomic mass is 10.0. The van der Waals surface area contributed by atoms with Gasteiger partial charge in [0.15, 0.2) is 0 Å². The van der Waals surface area contributed by atoms with Crippen LogP contribution in [0.5, 0.6) is 0 Å². The zero-order valence-electron chi connectivity index (χ0n) is 12.0. The second-order valence-electron chi connectivity index (χ2n) is 5.37. The molecule has 7 heteroatoms. The Kier molecular flexibility index (Phi) is 3.18. The Balaban J connectivity index is 2.54. The zero-order chi connectivity index (χ0) is 17.2. The maximum absolute atomic E-state index is 13.2. The average Bonchev–Trinajstić information content (AvgIpc) is 2.72. The number of aryl methyl sites for hydroxylation is 2. The molecular formula is C16H10F6O. The third kappa shape index (κ3) is 2.34. The lowest BCUT2D eigenvalue weighted by Gasteiger charge is -2.10. The van der Waals surface area contributed by atoms with Crippen LogP contribution in [0.1, 0.15) is 22.3 Å². The Hall–Kier alpha value is -2.18. The van der Waals surface area contributed by atoms with Gasteiger partial charge in [0.05, 0.1) is 0 Å². The van der Waals surface area contributed by atoms with Gasteiger partial charge in [0.25, 0.3) is 0 Å². The Bertz CT molecular complexity index is 840. The van der Waals surface area contributed by atoms with Gasteiger partial charge in [-0.2, -0.15) is 26.3 Å². The molecule has 23 heavy (non-hydrogen) atoms. The summed E-state index contributed by atoms with van der Waals surface area (Å²) in [6, 6.07) is 5.16. The third-order valence-corrected chi connectivity index (χ3v) is 3.79. The van der Waals surface area contributed by atoms with Gasteiger partial charge in [-0.05, 0) is 25.0 Å². The first-order chi connectivity index (χ1) is 10.5. The Morgan fingerprint density at radius 1 is 0.652 bits per heavy atom. The Morgan fingerprint density at radius 2 is 1.00 bits per heavy atom. The second kappa shape index (κ2) is 4.66. The molecule has 3 rings (SSSR count). The first-order valence-corrected chi connectivity index (χ1v) is 6.61. The number of furan rings is 1. The summed E-state index contributed by atoms with van der Waals surface area (Å²) >= 11 is 0. The molecule has 0 aliphatic heterocycles. The molecule has 0 saturated heterocycles. The molecule has 0 unspecified atom stereocenters. The Morgan fingerprint density at radius 3 is 1.30 bits per heavy atom. The largest absolute Gasteiger partial charge is 0.455 e. The van der Waals surface area contributed by atoms with Crippen molar-refractivity contribution in [3.63, 3.8) is 0 Å². The summed E-state index contributed by atoms with van der Waals surface area (Å²) in [5.74, 6) is 0. The molecule has 3 aromatic rings. The fourth-order valence-corrected chi connectivity index (χ4v) is 2.81. The standard InChI is InChI=1S/C16H10F6O/c1-7-3-5-9-10-6-4-8(2)12(16(20,21)22)14(10)23-13(9)11(7)15(17,18)19/h3-6H,1-2H3. The highest BCUT2D eigenvalue weighted by atomic mass is 19.4. The first-order valence-electron chi connectivity index (χ1n) is 6.61. The molecule has 1 heterocycles. The molecule has 1 nitrogen and oxygen atoms in total. The van der Waals surface area contributed by atoms with Crippen LogP contribution in [-0.4, -0.2) is 0 Å². The number of fused-ring (bicyclic) bond motifs is 3. The van der Waals surface area contributed by atoms with Gasteiger partial charge in [-0.1, -0.05) is 24.3 Å². The van der Waals surface area contributed by atoms with Crippen LogP contribution >= 0.6 is 0 Å². The van der Waals surface area contributed by atoms with E-state index in [0.717, 1.165) is 0 Å². The van der Waals surface area contributed by atoms with Crippen LogP contribution in [0.4, 0.5) is 26.3 Å². The SMILES string of the molecule is Cc1ccc2c(oc3c(C(F)(F)F)c(C)ccc32)c1C(F)(F)F. The van der Waals surface area contributed by atoms with Crippen LogP contribution < -0.4 is 0 Å². The minimum absolute atomic E-state index is 0.0171.